The monoisotopic (exact) mass is 356 g/mol. The smallest absolute Gasteiger partial charge is 0.255 e. The molecular weight excluding hydrogens is 340 g/mol. The lowest BCUT2D eigenvalue weighted by molar-refractivity contribution is 0.0949. The van der Waals surface area contributed by atoms with E-state index in [1.165, 1.54) is 0 Å². The average Bonchev–Trinajstić information content (AvgIpc) is 2.73. The van der Waals surface area contributed by atoms with Gasteiger partial charge < -0.3 is 10.6 Å². The molecule has 3 rings (SSSR count). The molecule has 2 amide bonds. The van der Waals surface area contributed by atoms with E-state index >= 15 is 0 Å². The highest BCUT2D eigenvalue weighted by molar-refractivity contribution is 6.05. The molecule has 0 aliphatic heterocycles. The van der Waals surface area contributed by atoms with Crippen LogP contribution >= 0.6 is 0 Å². The van der Waals surface area contributed by atoms with Crippen LogP contribution in [0, 0.1) is 11.3 Å². The van der Waals surface area contributed by atoms with E-state index in [0.29, 0.717) is 28.9 Å². The molecule has 6 nitrogen and oxygen atoms in total. The number of carbonyl (C=O) groups is 2. The van der Waals surface area contributed by atoms with Gasteiger partial charge in [-0.05, 0) is 66.2 Å². The number of anilines is 1. The number of rotatable bonds is 5. The fourth-order valence-electron chi connectivity index (χ4n) is 2.39. The van der Waals surface area contributed by atoms with Gasteiger partial charge in [-0.2, -0.15) is 5.26 Å². The molecule has 0 atom stereocenters. The van der Waals surface area contributed by atoms with E-state index in [1.54, 1.807) is 60.9 Å². The van der Waals surface area contributed by atoms with Gasteiger partial charge in [-0.25, -0.2) is 0 Å². The van der Waals surface area contributed by atoms with E-state index in [9.17, 15) is 9.59 Å². The maximum atomic E-state index is 12.3. The Morgan fingerprint density at radius 2 is 1.44 bits per heavy atom. The fourth-order valence-corrected chi connectivity index (χ4v) is 2.39. The molecule has 0 spiro atoms. The summed E-state index contributed by atoms with van der Waals surface area (Å²) >= 11 is 0. The topological polar surface area (TPSA) is 94.9 Å². The number of aromatic nitrogens is 1. The minimum atomic E-state index is -0.288. The van der Waals surface area contributed by atoms with Crippen molar-refractivity contribution in [2.75, 3.05) is 5.32 Å². The third kappa shape index (κ3) is 4.77. The SMILES string of the molecule is N#Cc1ccc(NC(=O)c2ccc(C(=O)NCc3ccncc3)cc2)cc1. The molecule has 1 aromatic heterocycles. The molecule has 6 heteroatoms. The van der Waals surface area contributed by atoms with Gasteiger partial charge in [0.05, 0.1) is 11.6 Å². The van der Waals surface area contributed by atoms with Crippen molar-refractivity contribution in [2.45, 2.75) is 6.54 Å². The zero-order chi connectivity index (χ0) is 19.1. The number of carbonyl (C=O) groups excluding carboxylic acids is 2. The number of hydrogen-bond donors (Lipinski definition) is 2. The van der Waals surface area contributed by atoms with Crippen LogP contribution in [0.5, 0.6) is 0 Å². The maximum absolute atomic E-state index is 12.3. The van der Waals surface area contributed by atoms with Crippen LogP contribution in [0.25, 0.3) is 0 Å². The van der Waals surface area contributed by atoms with Crippen LogP contribution in [0.2, 0.25) is 0 Å². The minimum Gasteiger partial charge on any atom is -0.348 e. The summed E-state index contributed by atoms with van der Waals surface area (Å²) in [6, 6.07) is 18.7. The second-order valence-electron chi connectivity index (χ2n) is 5.76. The number of nitriles is 1. The van der Waals surface area contributed by atoms with E-state index in [1.807, 2.05) is 18.2 Å². The molecule has 0 saturated heterocycles. The number of hydrogen-bond acceptors (Lipinski definition) is 4. The van der Waals surface area contributed by atoms with Crippen molar-refractivity contribution in [3.8, 4) is 6.07 Å². The molecular formula is C21H16N4O2. The van der Waals surface area contributed by atoms with Crippen LogP contribution < -0.4 is 10.6 Å². The summed E-state index contributed by atoms with van der Waals surface area (Å²) in [4.78, 5) is 28.4. The third-order valence-electron chi connectivity index (χ3n) is 3.88. The predicted molar refractivity (Wildman–Crippen MR) is 101 cm³/mol. The summed E-state index contributed by atoms with van der Waals surface area (Å²) in [6.45, 7) is 0.405. The molecule has 0 aliphatic rings. The Bertz CT molecular complexity index is 975. The number of nitrogens with zero attached hydrogens (tertiary/aromatic N) is 2. The van der Waals surface area contributed by atoms with Gasteiger partial charge in [0.2, 0.25) is 0 Å². The van der Waals surface area contributed by atoms with Crippen molar-refractivity contribution in [3.63, 3.8) is 0 Å². The van der Waals surface area contributed by atoms with Gasteiger partial charge in [-0.15, -0.1) is 0 Å². The number of nitrogens with one attached hydrogen (secondary N) is 2. The first-order valence-electron chi connectivity index (χ1n) is 8.24. The Morgan fingerprint density at radius 3 is 2.04 bits per heavy atom. The second kappa shape index (κ2) is 8.41. The zero-order valence-corrected chi connectivity index (χ0v) is 14.3. The average molecular weight is 356 g/mol. The Morgan fingerprint density at radius 1 is 0.852 bits per heavy atom. The summed E-state index contributed by atoms with van der Waals surface area (Å²) < 4.78 is 0. The van der Waals surface area contributed by atoms with Gasteiger partial charge in [-0.1, -0.05) is 0 Å². The third-order valence-corrected chi connectivity index (χ3v) is 3.88. The first-order valence-corrected chi connectivity index (χ1v) is 8.24. The molecule has 0 fully saturated rings. The summed E-state index contributed by atoms with van der Waals surface area (Å²) in [5, 5.41) is 14.4. The van der Waals surface area contributed by atoms with Crippen LogP contribution in [-0.2, 0) is 6.54 Å². The van der Waals surface area contributed by atoms with E-state index in [4.69, 9.17) is 5.26 Å². The van der Waals surface area contributed by atoms with Gasteiger partial charge in [0.25, 0.3) is 11.8 Å². The second-order valence-corrected chi connectivity index (χ2v) is 5.76. The molecule has 27 heavy (non-hydrogen) atoms. The highest BCUT2D eigenvalue weighted by atomic mass is 16.2. The molecule has 2 N–H and O–H groups in total. The van der Waals surface area contributed by atoms with Crippen LogP contribution in [-0.4, -0.2) is 16.8 Å². The van der Waals surface area contributed by atoms with E-state index in [-0.39, 0.29) is 11.8 Å². The highest BCUT2D eigenvalue weighted by Gasteiger charge is 2.09. The van der Waals surface area contributed by atoms with Gasteiger partial charge in [0.1, 0.15) is 0 Å². The fraction of sp³-hybridized carbons (Fsp3) is 0.0476. The number of pyridine rings is 1. The molecule has 0 radical (unpaired) electrons. The van der Waals surface area contributed by atoms with Crippen LogP contribution in [0.4, 0.5) is 5.69 Å². The van der Waals surface area contributed by atoms with Crippen molar-refractivity contribution in [1.82, 2.24) is 10.3 Å². The minimum absolute atomic E-state index is 0.217. The van der Waals surface area contributed by atoms with Crippen molar-refractivity contribution >= 4 is 17.5 Å². The Balaban J connectivity index is 1.59. The Hall–Kier alpha value is -3.98. The van der Waals surface area contributed by atoms with Gasteiger partial charge in [-0.3, -0.25) is 14.6 Å². The number of amides is 2. The molecule has 0 bridgehead atoms. The van der Waals surface area contributed by atoms with E-state index in [2.05, 4.69) is 15.6 Å². The Labute approximate surface area is 156 Å². The van der Waals surface area contributed by atoms with E-state index < -0.39 is 0 Å². The summed E-state index contributed by atoms with van der Waals surface area (Å²) in [7, 11) is 0. The maximum Gasteiger partial charge on any atom is 0.255 e. The molecule has 0 saturated carbocycles. The normalized spacial score (nSPS) is 9.89. The van der Waals surface area contributed by atoms with Crippen molar-refractivity contribution in [3.05, 3.63) is 95.3 Å². The quantitative estimate of drug-likeness (QED) is 0.734. The summed E-state index contributed by atoms with van der Waals surface area (Å²) in [6.07, 6.45) is 3.34. The lowest BCUT2D eigenvalue weighted by Gasteiger charge is -2.07. The summed E-state index contributed by atoms with van der Waals surface area (Å²) in [5.41, 5.74) is 2.98. The molecule has 132 valence electrons. The number of benzene rings is 2. The van der Waals surface area contributed by atoms with Crippen LogP contribution in [0.1, 0.15) is 31.8 Å². The lowest BCUT2D eigenvalue weighted by Crippen LogP contribution is -2.23. The van der Waals surface area contributed by atoms with Crippen LogP contribution in [0.3, 0.4) is 0 Å². The van der Waals surface area contributed by atoms with Crippen molar-refractivity contribution < 1.29 is 9.59 Å². The molecule has 2 aromatic carbocycles. The lowest BCUT2D eigenvalue weighted by atomic mass is 10.1. The molecule has 0 unspecified atom stereocenters. The first-order chi connectivity index (χ1) is 13.2. The van der Waals surface area contributed by atoms with Crippen LogP contribution in [0.15, 0.2) is 73.1 Å². The van der Waals surface area contributed by atoms with Gasteiger partial charge in [0.15, 0.2) is 0 Å². The van der Waals surface area contributed by atoms with Gasteiger partial charge in [0, 0.05) is 35.8 Å². The largest absolute Gasteiger partial charge is 0.348 e. The van der Waals surface area contributed by atoms with E-state index in [0.717, 1.165) is 5.56 Å². The highest BCUT2D eigenvalue weighted by Crippen LogP contribution is 2.12. The first kappa shape index (κ1) is 17.8. The summed E-state index contributed by atoms with van der Waals surface area (Å²) in [5.74, 6) is -0.505. The van der Waals surface area contributed by atoms with Crippen molar-refractivity contribution in [2.24, 2.45) is 0 Å². The van der Waals surface area contributed by atoms with Gasteiger partial charge >= 0.3 is 0 Å². The standard InChI is InChI=1S/C21H16N4O2/c22-13-15-1-7-19(8-2-15)25-21(27)18-5-3-17(4-6-18)20(26)24-14-16-9-11-23-12-10-16/h1-12H,14H2,(H,24,26)(H,25,27). The predicted octanol–water partition coefficient (Wildman–Crippen LogP) is 3.14. The molecule has 3 aromatic rings. The van der Waals surface area contributed by atoms with Crippen molar-refractivity contribution in [1.29, 1.82) is 5.26 Å². The molecule has 0 aliphatic carbocycles. The zero-order valence-electron chi connectivity index (χ0n) is 14.3. The molecule has 1 heterocycles. The Kier molecular flexibility index (Phi) is 5.55.